The average Bonchev–Trinajstić information content (AvgIpc) is 3.15. The van der Waals surface area contributed by atoms with Gasteiger partial charge in [-0.15, -0.1) is 0 Å². The molecule has 1 aliphatic rings. The second-order valence-electron chi connectivity index (χ2n) is 7.14. The van der Waals surface area contributed by atoms with E-state index in [0.29, 0.717) is 46.9 Å². The third-order valence-corrected chi connectivity index (χ3v) is 5.11. The number of rotatable bonds is 5. The van der Waals surface area contributed by atoms with Gasteiger partial charge in [-0.05, 0) is 56.2 Å². The first-order chi connectivity index (χ1) is 15.1. The van der Waals surface area contributed by atoms with E-state index in [1.807, 2.05) is 6.07 Å². The summed E-state index contributed by atoms with van der Waals surface area (Å²) in [5, 5.41) is 4.33. The van der Waals surface area contributed by atoms with Crippen LogP contribution in [0.1, 0.15) is 50.6 Å². The van der Waals surface area contributed by atoms with Crippen molar-refractivity contribution in [1.29, 1.82) is 0 Å². The Hall–Kier alpha value is -3.87. The largest absolute Gasteiger partial charge is 0.497 e. The molecule has 1 N–H and O–H groups in total. The van der Waals surface area contributed by atoms with Crippen LogP contribution >= 0.6 is 0 Å². The second kappa shape index (κ2) is 8.87. The smallest absolute Gasteiger partial charge is 0.379 e. The lowest BCUT2D eigenvalue weighted by molar-refractivity contribution is 0.0698. The highest BCUT2D eigenvalue weighted by Gasteiger charge is 2.29. The number of hydrazone groups is 1. The molecule has 31 heavy (non-hydrogen) atoms. The zero-order chi connectivity index (χ0) is 21.8. The van der Waals surface area contributed by atoms with Gasteiger partial charge in [0.1, 0.15) is 17.3 Å². The van der Waals surface area contributed by atoms with E-state index < -0.39 is 5.97 Å². The molecule has 0 bridgehead atoms. The van der Waals surface area contributed by atoms with Crippen LogP contribution in [0, 0.1) is 6.92 Å². The number of aryl methyl sites for hydroxylation is 1. The van der Waals surface area contributed by atoms with Gasteiger partial charge < -0.3 is 13.9 Å². The number of hydrogen-bond acceptors (Lipinski definition) is 6. The number of esters is 1. The fourth-order valence-corrected chi connectivity index (χ4v) is 3.54. The number of ether oxygens (including phenoxy) is 2. The lowest BCUT2D eigenvalue weighted by atomic mass is 9.93. The Morgan fingerprint density at radius 2 is 1.74 bits per heavy atom. The Morgan fingerprint density at radius 1 is 1.00 bits per heavy atom. The molecular weight excluding hydrogens is 396 g/mol. The van der Waals surface area contributed by atoms with Gasteiger partial charge in [0.25, 0.3) is 5.91 Å². The molecule has 0 atom stereocenters. The van der Waals surface area contributed by atoms with Gasteiger partial charge in [-0.1, -0.05) is 18.2 Å². The SMILES string of the molecule is COc1ccc(C(=O)N/N=C2\CCCc3oc(C(=O)Oc4ccccc4)c(C)c32)cc1. The van der Waals surface area contributed by atoms with Gasteiger partial charge in [-0.2, -0.15) is 5.10 Å². The van der Waals surface area contributed by atoms with Gasteiger partial charge in [-0.25, -0.2) is 10.2 Å². The van der Waals surface area contributed by atoms with E-state index in [4.69, 9.17) is 13.9 Å². The number of benzene rings is 2. The molecule has 0 saturated carbocycles. The van der Waals surface area contributed by atoms with Crippen molar-refractivity contribution in [3.05, 3.63) is 82.8 Å². The molecule has 0 aliphatic heterocycles. The van der Waals surface area contributed by atoms with Gasteiger partial charge in [0.05, 0.1) is 12.8 Å². The predicted octanol–water partition coefficient (Wildman–Crippen LogP) is 4.29. The summed E-state index contributed by atoms with van der Waals surface area (Å²) in [7, 11) is 1.57. The molecule has 0 spiro atoms. The molecule has 2 aromatic carbocycles. The minimum absolute atomic E-state index is 0.157. The molecule has 158 valence electrons. The number of amides is 1. The molecule has 0 fully saturated rings. The van der Waals surface area contributed by atoms with Crippen LogP contribution in [-0.2, 0) is 6.42 Å². The van der Waals surface area contributed by atoms with Gasteiger partial charge in [0.15, 0.2) is 0 Å². The zero-order valence-electron chi connectivity index (χ0n) is 17.3. The van der Waals surface area contributed by atoms with E-state index in [1.165, 1.54) is 0 Å². The summed E-state index contributed by atoms with van der Waals surface area (Å²) >= 11 is 0. The van der Waals surface area contributed by atoms with Crippen LogP contribution in [0.15, 0.2) is 64.1 Å². The van der Waals surface area contributed by atoms with Crippen LogP contribution in [0.4, 0.5) is 0 Å². The van der Waals surface area contributed by atoms with Crippen LogP contribution in [0.5, 0.6) is 11.5 Å². The van der Waals surface area contributed by atoms with E-state index in [0.717, 1.165) is 12.0 Å². The van der Waals surface area contributed by atoms with E-state index in [1.54, 1.807) is 62.6 Å². The number of furan rings is 1. The van der Waals surface area contributed by atoms with Crippen LogP contribution in [0.3, 0.4) is 0 Å². The van der Waals surface area contributed by atoms with Crippen molar-refractivity contribution in [2.45, 2.75) is 26.2 Å². The molecule has 0 radical (unpaired) electrons. The molecule has 7 nitrogen and oxygen atoms in total. The lowest BCUT2D eigenvalue weighted by Crippen LogP contribution is -2.22. The van der Waals surface area contributed by atoms with Crippen molar-refractivity contribution in [2.75, 3.05) is 7.11 Å². The maximum atomic E-state index is 12.6. The van der Waals surface area contributed by atoms with Crippen molar-refractivity contribution in [3.63, 3.8) is 0 Å². The number of carbonyl (C=O) groups excluding carboxylic acids is 2. The predicted molar refractivity (Wildman–Crippen MR) is 115 cm³/mol. The highest BCUT2D eigenvalue weighted by atomic mass is 16.5. The number of methoxy groups -OCH3 is 1. The molecule has 1 heterocycles. The molecule has 7 heteroatoms. The molecule has 1 aliphatic carbocycles. The molecule has 4 rings (SSSR count). The number of hydrogen-bond donors (Lipinski definition) is 1. The van der Waals surface area contributed by atoms with Gasteiger partial charge in [0, 0.05) is 23.1 Å². The Morgan fingerprint density at radius 3 is 2.45 bits per heavy atom. The van der Waals surface area contributed by atoms with Crippen molar-refractivity contribution in [3.8, 4) is 11.5 Å². The van der Waals surface area contributed by atoms with Crippen molar-refractivity contribution >= 4 is 17.6 Å². The van der Waals surface area contributed by atoms with E-state index in [9.17, 15) is 9.59 Å². The third kappa shape index (κ3) is 4.35. The maximum absolute atomic E-state index is 12.6. The van der Waals surface area contributed by atoms with E-state index in [-0.39, 0.29) is 11.7 Å². The topological polar surface area (TPSA) is 90.1 Å². The van der Waals surface area contributed by atoms with Gasteiger partial charge in [-0.3, -0.25) is 4.79 Å². The summed E-state index contributed by atoms with van der Waals surface area (Å²) in [5.41, 5.74) is 5.18. The standard InChI is InChI=1S/C24H22N2O5/c1-15-21-19(25-26-23(27)16-11-13-17(29-2)14-12-16)9-6-10-20(21)31-22(15)24(28)30-18-7-4-3-5-8-18/h3-5,7-8,11-14H,6,9-10H2,1-2H3,(H,26,27)/b25-19+. The fraction of sp³-hybridized carbons (Fsp3) is 0.208. The second-order valence-corrected chi connectivity index (χ2v) is 7.14. The summed E-state index contributed by atoms with van der Waals surface area (Å²) in [6, 6.07) is 15.6. The zero-order valence-corrected chi connectivity index (χ0v) is 17.3. The first-order valence-electron chi connectivity index (χ1n) is 9.97. The Labute approximate surface area is 179 Å². The minimum atomic E-state index is -0.556. The fourth-order valence-electron chi connectivity index (χ4n) is 3.54. The normalized spacial score (nSPS) is 14.1. The van der Waals surface area contributed by atoms with E-state index >= 15 is 0 Å². The highest BCUT2D eigenvalue weighted by Crippen LogP contribution is 2.30. The number of fused-ring (bicyclic) bond motifs is 1. The molecule has 0 saturated heterocycles. The van der Waals surface area contributed by atoms with Crippen LogP contribution in [-0.4, -0.2) is 24.7 Å². The third-order valence-electron chi connectivity index (χ3n) is 5.11. The first-order valence-corrected chi connectivity index (χ1v) is 9.97. The Balaban J connectivity index is 1.54. The molecular formula is C24H22N2O5. The van der Waals surface area contributed by atoms with Crippen LogP contribution < -0.4 is 14.9 Å². The molecule has 0 unspecified atom stereocenters. The minimum Gasteiger partial charge on any atom is -0.497 e. The summed E-state index contributed by atoms with van der Waals surface area (Å²) < 4.78 is 16.4. The van der Waals surface area contributed by atoms with E-state index in [2.05, 4.69) is 10.5 Å². The Kier molecular flexibility index (Phi) is 5.84. The van der Waals surface area contributed by atoms with Crippen molar-refractivity contribution in [2.24, 2.45) is 5.10 Å². The lowest BCUT2D eigenvalue weighted by Gasteiger charge is -2.13. The molecule has 1 amide bonds. The van der Waals surface area contributed by atoms with Gasteiger partial charge >= 0.3 is 5.97 Å². The number of para-hydroxylation sites is 1. The monoisotopic (exact) mass is 418 g/mol. The molecule has 1 aromatic heterocycles. The summed E-state index contributed by atoms with van der Waals surface area (Å²) in [6.07, 6.45) is 2.17. The van der Waals surface area contributed by atoms with Crippen molar-refractivity contribution < 1.29 is 23.5 Å². The highest BCUT2D eigenvalue weighted by molar-refractivity contribution is 6.06. The summed E-state index contributed by atoms with van der Waals surface area (Å²) in [5.74, 6) is 1.07. The summed E-state index contributed by atoms with van der Waals surface area (Å²) in [4.78, 5) is 25.1. The van der Waals surface area contributed by atoms with Crippen molar-refractivity contribution in [1.82, 2.24) is 5.43 Å². The van der Waals surface area contributed by atoms with Crippen LogP contribution in [0.2, 0.25) is 0 Å². The van der Waals surface area contributed by atoms with Gasteiger partial charge in [0.2, 0.25) is 5.76 Å². The summed E-state index contributed by atoms with van der Waals surface area (Å²) in [6.45, 7) is 1.80. The number of carbonyl (C=O) groups is 2. The Bertz CT molecular complexity index is 1130. The molecule has 3 aromatic rings. The van der Waals surface area contributed by atoms with Crippen LogP contribution in [0.25, 0.3) is 0 Å². The first kappa shape index (κ1) is 20.4. The average molecular weight is 418 g/mol. The number of nitrogens with zero attached hydrogens (tertiary/aromatic N) is 1. The number of nitrogens with one attached hydrogen (secondary N) is 1. The quantitative estimate of drug-likeness (QED) is 0.379. The maximum Gasteiger partial charge on any atom is 0.379 e.